The predicted molar refractivity (Wildman–Crippen MR) is 70.1 cm³/mol. The first-order chi connectivity index (χ1) is 8.38. The van der Waals surface area contributed by atoms with Crippen molar-refractivity contribution in [2.75, 3.05) is 44.7 Å². The first-order valence-electron chi connectivity index (χ1n) is 5.99. The molecule has 1 fully saturated rings. The van der Waals surface area contributed by atoms with Crippen molar-refractivity contribution in [1.29, 1.82) is 0 Å². The average Bonchev–Trinajstić information content (AvgIpc) is 2.40. The van der Waals surface area contributed by atoms with Gasteiger partial charge < -0.3 is 10.1 Å². The van der Waals surface area contributed by atoms with E-state index in [1.807, 2.05) is 24.3 Å². The molecule has 1 aromatic carbocycles. The molecule has 1 saturated heterocycles. The first-order valence-corrected chi connectivity index (χ1v) is 5.99. The summed E-state index contributed by atoms with van der Waals surface area (Å²) in [5.41, 5.74) is 2.01. The van der Waals surface area contributed by atoms with Crippen molar-refractivity contribution in [2.24, 2.45) is 0 Å². The highest BCUT2D eigenvalue weighted by molar-refractivity contribution is 5.49. The number of nitrogens with one attached hydrogen (secondary N) is 1. The Morgan fingerprint density at radius 1 is 1.35 bits per heavy atom. The average molecular weight is 230 g/mol. The maximum absolute atomic E-state index is 5.36. The number of hydrogen-bond acceptors (Lipinski definition) is 3. The molecule has 1 aliphatic rings. The van der Waals surface area contributed by atoms with E-state index in [-0.39, 0.29) is 0 Å². The fraction of sp³-hybridized carbons (Fsp3) is 0.429. The van der Waals surface area contributed by atoms with Crippen LogP contribution in [0.25, 0.3) is 0 Å². The summed E-state index contributed by atoms with van der Waals surface area (Å²) in [4.78, 5) is 2.40. The molecule has 1 N–H and O–H groups in total. The van der Waals surface area contributed by atoms with Gasteiger partial charge in [-0.3, -0.25) is 4.90 Å². The van der Waals surface area contributed by atoms with Crippen LogP contribution in [0.5, 0.6) is 0 Å². The SMILES string of the molecule is C#Cc1cccc(NCCN2CCOCC2)c1. The standard InChI is InChI=1S/C14H18N2O/c1-2-13-4-3-5-14(12-13)15-6-7-16-8-10-17-11-9-16/h1,3-5,12,15H,6-11H2. The summed E-state index contributed by atoms with van der Waals surface area (Å²) < 4.78 is 5.31. The van der Waals surface area contributed by atoms with Gasteiger partial charge in [0.05, 0.1) is 13.2 Å². The van der Waals surface area contributed by atoms with Crippen LogP contribution in [0.3, 0.4) is 0 Å². The molecule has 0 spiro atoms. The molecule has 0 bridgehead atoms. The van der Waals surface area contributed by atoms with Gasteiger partial charge in [-0.15, -0.1) is 6.42 Å². The van der Waals surface area contributed by atoms with E-state index in [1.54, 1.807) is 0 Å². The molecular formula is C14H18N2O. The summed E-state index contributed by atoms with van der Waals surface area (Å²) in [6.07, 6.45) is 5.36. The van der Waals surface area contributed by atoms with Gasteiger partial charge in [0.15, 0.2) is 0 Å². The topological polar surface area (TPSA) is 24.5 Å². The molecule has 90 valence electrons. The molecular weight excluding hydrogens is 212 g/mol. The second kappa shape index (κ2) is 6.29. The number of rotatable bonds is 4. The molecule has 3 nitrogen and oxygen atoms in total. The third kappa shape index (κ3) is 3.77. The van der Waals surface area contributed by atoms with E-state index in [0.29, 0.717) is 0 Å². The molecule has 0 radical (unpaired) electrons. The molecule has 17 heavy (non-hydrogen) atoms. The van der Waals surface area contributed by atoms with E-state index in [4.69, 9.17) is 11.2 Å². The molecule has 2 rings (SSSR count). The number of anilines is 1. The van der Waals surface area contributed by atoms with Crippen molar-refractivity contribution in [2.45, 2.75) is 0 Å². The molecule has 1 aromatic rings. The van der Waals surface area contributed by atoms with Crippen molar-refractivity contribution in [3.05, 3.63) is 29.8 Å². The molecule has 1 heterocycles. The summed E-state index contributed by atoms with van der Waals surface area (Å²) in [5.74, 6) is 2.64. The van der Waals surface area contributed by atoms with Gasteiger partial charge in [-0.1, -0.05) is 12.0 Å². The number of hydrogen-bond donors (Lipinski definition) is 1. The third-order valence-corrected chi connectivity index (χ3v) is 2.89. The summed E-state index contributed by atoms with van der Waals surface area (Å²) >= 11 is 0. The Labute approximate surface area is 103 Å². The van der Waals surface area contributed by atoms with Gasteiger partial charge in [-0.2, -0.15) is 0 Å². The smallest absolute Gasteiger partial charge is 0.0594 e. The summed E-state index contributed by atoms with van der Waals surface area (Å²) in [7, 11) is 0. The zero-order chi connectivity index (χ0) is 11.9. The van der Waals surface area contributed by atoms with Crippen molar-refractivity contribution in [1.82, 2.24) is 4.90 Å². The highest BCUT2D eigenvalue weighted by atomic mass is 16.5. The lowest BCUT2D eigenvalue weighted by Gasteiger charge is -2.26. The fourth-order valence-corrected chi connectivity index (χ4v) is 1.90. The molecule has 0 unspecified atom stereocenters. The van der Waals surface area contributed by atoms with Gasteiger partial charge in [0.2, 0.25) is 0 Å². The number of morpholine rings is 1. The number of ether oxygens (including phenoxy) is 1. The monoisotopic (exact) mass is 230 g/mol. The van der Waals surface area contributed by atoms with Crippen molar-refractivity contribution < 1.29 is 4.74 Å². The summed E-state index contributed by atoms with van der Waals surface area (Å²) in [6.45, 7) is 5.76. The Bertz CT molecular complexity index is 391. The molecule has 0 atom stereocenters. The lowest BCUT2D eigenvalue weighted by Crippen LogP contribution is -2.38. The maximum atomic E-state index is 5.36. The zero-order valence-corrected chi connectivity index (χ0v) is 9.98. The van der Waals surface area contributed by atoms with Crippen LogP contribution >= 0.6 is 0 Å². The van der Waals surface area contributed by atoms with Gasteiger partial charge >= 0.3 is 0 Å². The van der Waals surface area contributed by atoms with E-state index in [0.717, 1.165) is 50.6 Å². The van der Waals surface area contributed by atoms with Gasteiger partial charge in [0.25, 0.3) is 0 Å². The van der Waals surface area contributed by atoms with Gasteiger partial charge in [0.1, 0.15) is 0 Å². The van der Waals surface area contributed by atoms with E-state index in [9.17, 15) is 0 Å². The lowest BCUT2D eigenvalue weighted by atomic mass is 10.2. The van der Waals surface area contributed by atoms with E-state index >= 15 is 0 Å². The highest BCUT2D eigenvalue weighted by Crippen LogP contribution is 2.09. The minimum atomic E-state index is 0.854. The molecule has 0 aromatic heterocycles. The van der Waals surface area contributed by atoms with Crippen molar-refractivity contribution in [3.63, 3.8) is 0 Å². The van der Waals surface area contributed by atoms with Gasteiger partial charge in [0, 0.05) is 37.4 Å². The number of benzene rings is 1. The highest BCUT2D eigenvalue weighted by Gasteiger charge is 2.08. The molecule has 3 heteroatoms. The van der Waals surface area contributed by atoms with Crippen LogP contribution in [0.4, 0.5) is 5.69 Å². The van der Waals surface area contributed by atoms with Crippen LogP contribution in [0, 0.1) is 12.3 Å². The second-order valence-corrected chi connectivity index (χ2v) is 4.11. The second-order valence-electron chi connectivity index (χ2n) is 4.11. The van der Waals surface area contributed by atoms with Crippen molar-refractivity contribution in [3.8, 4) is 12.3 Å². The number of nitrogens with zero attached hydrogens (tertiary/aromatic N) is 1. The predicted octanol–water partition coefficient (Wildman–Crippen LogP) is 1.41. The van der Waals surface area contributed by atoms with Crippen LogP contribution < -0.4 is 5.32 Å². The normalized spacial score (nSPS) is 16.4. The van der Waals surface area contributed by atoms with Crippen LogP contribution in [-0.2, 0) is 4.74 Å². The molecule has 0 amide bonds. The molecule has 0 aliphatic carbocycles. The largest absolute Gasteiger partial charge is 0.384 e. The lowest BCUT2D eigenvalue weighted by molar-refractivity contribution is 0.0398. The quantitative estimate of drug-likeness (QED) is 0.792. The van der Waals surface area contributed by atoms with E-state index < -0.39 is 0 Å². The van der Waals surface area contributed by atoms with Crippen molar-refractivity contribution >= 4 is 5.69 Å². The summed E-state index contributed by atoms with van der Waals surface area (Å²) in [5, 5.41) is 3.39. The fourth-order valence-electron chi connectivity index (χ4n) is 1.90. The summed E-state index contributed by atoms with van der Waals surface area (Å²) in [6, 6.07) is 7.96. The van der Waals surface area contributed by atoms with Gasteiger partial charge in [-0.25, -0.2) is 0 Å². The van der Waals surface area contributed by atoms with Gasteiger partial charge in [-0.05, 0) is 18.2 Å². The van der Waals surface area contributed by atoms with Crippen LogP contribution in [0.15, 0.2) is 24.3 Å². The van der Waals surface area contributed by atoms with Crippen LogP contribution in [0.2, 0.25) is 0 Å². The first kappa shape index (κ1) is 12.0. The van der Waals surface area contributed by atoms with Crippen LogP contribution in [-0.4, -0.2) is 44.3 Å². The Morgan fingerprint density at radius 2 is 2.18 bits per heavy atom. The van der Waals surface area contributed by atoms with E-state index in [1.165, 1.54) is 0 Å². The minimum Gasteiger partial charge on any atom is -0.384 e. The number of terminal acetylenes is 1. The Morgan fingerprint density at radius 3 is 2.94 bits per heavy atom. The zero-order valence-electron chi connectivity index (χ0n) is 9.98. The minimum absolute atomic E-state index is 0.854. The molecule has 1 aliphatic heterocycles. The maximum Gasteiger partial charge on any atom is 0.0594 e. The van der Waals surface area contributed by atoms with Crippen LogP contribution in [0.1, 0.15) is 5.56 Å². The Kier molecular flexibility index (Phi) is 4.43. The Balaban J connectivity index is 1.75. The third-order valence-electron chi connectivity index (χ3n) is 2.89. The molecule has 0 saturated carbocycles. The Hall–Kier alpha value is -1.50. The van der Waals surface area contributed by atoms with E-state index in [2.05, 4.69) is 16.1 Å².